The summed E-state index contributed by atoms with van der Waals surface area (Å²) in [7, 11) is 0. The molecule has 0 fully saturated rings. The summed E-state index contributed by atoms with van der Waals surface area (Å²) < 4.78 is 20.2. The summed E-state index contributed by atoms with van der Waals surface area (Å²) in [5, 5.41) is 5.45. The Hall–Kier alpha value is -2.51. The number of aryl methyl sites for hydroxylation is 1. The highest BCUT2D eigenvalue weighted by atomic mass is 79.9. The van der Waals surface area contributed by atoms with E-state index in [1.54, 1.807) is 23.5 Å². The monoisotopic (exact) mass is 446 g/mol. The lowest BCUT2D eigenvalue weighted by Gasteiger charge is -2.08. The van der Waals surface area contributed by atoms with Crippen LogP contribution in [0.25, 0.3) is 6.08 Å². The van der Waals surface area contributed by atoms with Crippen molar-refractivity contribution in [3.8, 4) is 5.75 Å². The molecule has 138 valence electrons. The Morgan fingerprint density at radius 3 is 2.89 bits per heavy atom. The van der Waals surface area contributed by atoms with Crippen LogP contribution in [0.1, 0.15) is 16.3 Å². The van der Waals surface area contributed by atoms with Crippen molar-refractivity contribution in [1.29, 1.82) is 0 Å². The molecule has 7 heteroatoms. The lowest BCUT2D eigenvalue weighted by molar-refractivity contribution is -0.111. The average Bonchev–Trinajstić information content (AvgIpc) is 3.06. The van der Waals surface area contributed by atoms with Crippen LogP contribution in [-0.2, 0) is 11.4 Å². The van der Waals surface area contributed by atoms with Crippen LogP contribution >= 0.6 is 27.3 Å². The van der Waals surface area contributed by atoms with Gasteiger partial charge in [-0.05, 0) is 37.3 Å². The second-order valence-corrected chi connectivity index (χ2v) is 7.61. The lowest BCUT2D eigenvalue weighted by atomic mass is 10.2. The number of amides is 1. The highest BCUT2D eigenvalue weighted by molar-refractivity contribution is 9.10. The molecule has 27 heavy (non-hydrogen) atoms. The minimum atomic E-state index is -0.506. The number of rotatable bonds is 6. The number of para-hydroxylation sites is 1. The van der Waals surface area contributed by atoms with E-state index >= 15 is 0 Å². The number of carbonyl (C=O) groups is 1. The van der Waals surface area contributed by atoms with E-state index < -0.39 is 11.7 Å². The predicted molar refractivity (Wildman–Crippen MR) is 109 cm³/mol. The molecule has 1 aromatic heterocycles. The van der Waals surface area contributed by atoms with Crippen molar-refractivity contribution in [2.45, 2.75) is 13.5 Å². The Balaban J connectivity index is 1.66. The minimum absolute atomic E-state index is 0.122. The van der Waals surface area contributed by atoms with E-state index in [9.17, 15) is 9.18 Å². The molecule has 1 amide bonds. The number of nitrogens with zero attached hydrogens (tertiary/aromatic N) is 1. The normalized spacial score (nSPS) is 10.9. The third-order valence-electron chi connectivity index (χ3n) is 3.56. The molecule has 0 aliphatic carbocycles. The maximum absolute atomic E-state index is 13.8. The highest BCUT2D eigenvalue weighted by Crippen LogP contribution is 2.22. The molecule has 0 atom stereocenters. The first-order valence-corrected chi connectivity index (χ1v) is 9.75. The Labute approximate surface area is 168 Å². The molecule has 1 N–H and O–H groups in total. The van der Waals surface area contributed by atoms with Crippen LogP contribution in [0.3, 0.4) is 0 Å². The first-order chi connectivity index (χ1) is 13.0. The number of nitrogens with one attached hydrogen (secondary N) is 1. The maximum Gasteiger partial charge on any atom is 0.248 e. The lowest BCUT2D eigenvalue weighted by Crippen LogP contribution is -2.09. The molecule has 0 bridgehead atoms. The number of thiazole rings is 1. The molecule has 3 rings (SSSR count). The van der Waals surface area contributed by atoms with E-state index in [1.807, 2.05) is 36.6 Å². The number of halogens is 2. The summed E-state index contributed by atoms with van der Waals surface area (Å²) in [6.45, 7) is 2.29. The summed E-state index contributed by atoms with van der Waals surface area (Å²) in [5.74, 6) is -0.295. The topological polar surface area (TPSA) is 51.2 Å². The molecule has 2 aromatic carbocycles. The van der Waals surface area contributed by atoms with Crippen molar-refractivity contribution in [2.75, 3.05) is 5.32 Å². The summed E-state index contributed by atoms with van der Waals surface area (Å²) in [4.78, 5) is 16.5. The van der Waals surface area contributed by atoms with Gasteiger partial charge < -0.3 is 10.1 Å². The fourth-order valence-corrected chi connectivity index (χ4v) is 3.24. The van der Waals surface area contributed by atoms with Gasteiger partial charge in [-0.1, -0.05) is 34.1 Å². The number of anilines is 1. The first kappa shape index (κ1) is 19.3. The number of ether oxygens (including phenoxy) is 1. The molecule has 0 unspecified atom stereocenters. The fourth-order valence-electron chi connectivity index (χ4n) is 2.31. The molecule has 0 aliphatic heterocycles. The summed E-state index contributed by atoms with van der Waals surface area (Å²) in [6.07, 6.45) is 2.98. The molecular formula is C20H16BrFN2O2S. The molecule has 4 nitrogen and oxygen atoms in total. The third kappa shape index (κ3) is 5.48. The molecule has 0 radical (unpaired) electrons. The highest BCUT2D eigenvalue weighted by Gasteiger charge is 2.06. The second-order valence-electron chi connectivity index (χ2n) is 5.63. The summed E-state index contributed by atoms with van der Waals surface area (Å²) in [5.41, 5.74) is 1.73. The minimum Gasteiger partial charge on any atom is -0.487 e. The molecule has 0 spiro atoms. The van der Waals surface area contributed by atoms with Crippen molar-refractivity contribution < 1.29 is 13.9 Å². The van der Waals surface area contributed by atoms with Gasteiger partial charge in [0.05, 0.1) is 16.4 Å². The zero-order valence-corrected chi connectivity index (χ0v) is 16.8. The number of hydrogen-bond donors (Lipinski definition) is 1. The smallest absolute Gasteiger partial charge is 0.248 e. The Kier molecular flexibility index (Phi) is 6.36. The standard InChI is InChI=1S/C20H16BrFN2O2S/c1-13-23-16(12-27-13)11-26-19-5-3-2-4-14(19)6-9-20(25)24-18-8-7-15(21)10-17(18)22/h2-10,12H,11H2,1H3,(H,24,25)/b9-6+. The van der Waals surface area contributed by atoms with Crippen LogP contribution in [0.15, 0.2) is 58.4 Å². The maximum atomic E-state index is 13.8. The van der Waals surface area contributed by atoms with Crippen LogP contribution < -0.4 is 10.1 Å². The Morgan fingerprint density at radius 1 is 1.33 bits per heavy atom. The summed E-state index contributed by atoms with van der Waals surface area (Å²) in [6, 6.07) is 11.8. The van der Waals surface area contributed by atoms with E-state index in [0.29, 0.717) is 16.8 Å². The van der Waals surface area contributed by atoms with Crippen molar-refractivity contribution in [3.63, 3.8) is 0 Å². The van der Waals surface area contributed by atoms with Crippen molar-refractivity contribution in [1.82, 2.24) is 4.98 Å². The zero-order chi connectivity index (χ0) is 19.2. The van der Waals surface area contributed by atoms with Gasteiger partial charge in [0.15, 0.2) is 0 Å². The molecule has 1 heterocycles. The largest absolute Gasteiger partial charge is 0.487 e. The van der Waals surface area contributed by atoms with E-state index in [4.69, 9.17) is 4.74 Å². The molecule has 0 saturated heterocycles. The molecule has 3 aromatic rings. The van der Waals surface area contributed by atoms with Crippen molar-refractivity contribution in [3.05, 3.63) is 80.5 Å². The number of hydrogen-bond acceptors (Lipinski definition) is 4. The quantitative estimate of drug-likeness (QED) is 0.502. The van der Waals surface area contributed by atoms with Crippen LogP contribution in [0.4, 0.5) is 10.1 Å². The van der Waals surface area contributed by atoms with E-state index in [2.05, 4.69) is 26.2 Å². The van der Waals surface area contributed by atoms with Gasteiger partial charge in [0.1, 0.15) is 18.2 Å². The van der Waals surface area contributed by atoms with Gasteiger partial charge in [0, 0.05) is 21.5 Å². The zero-order valence-electron chi connectivity index (χ0n) is 14.4. The van der Waals surface area contributed by atoms with Crippen LogP contribution in [0, 0.1) is 12.7 Å². The van der Waals surface area contributed by atoms with E-state index in [-0.39, 0.29) is 5.69 Å². The van der Waals surface area contributed by atoms with Crippen LogP contribution in [0.2, 0.25) is 0 Å². The fraction of sp³-hybridized carbons (Fsp3) is 0.100. The van der Waals surface area contributed by atoms with Crippen LogP contribution in [0.5, 0.6) is 5.75 Å². The van der Waals surface area contributed by atoms with Gasteiger partial charge in [-0.25, -0.2) is 9.37 Å². The molecule has 0 aliphatic rings. The number of carbonyl (C=O) groups excluding carboxylic acids is 1. The number of benzene rings is 2. The van der Waals surface area contributed by atoms with Gasteiger partial charge >= 0.3 is 0 Å². The second kappa shape index (κ2) is 8.92. The van der Waals surface area contributed by atoms with E-state index in [1.165, 1.54) is 18.2 Å². The van der Waals surface area contributed by atoms with Gasteiger partial charge in [0.25, 0.3) is 0 Å². The SMILES string of the molecule is Cc1nc(COc2ccccc2/C=C/C(=O)Nc2ccc(Br)cc2F)cs1. The molecular weight excluding hydrogens is 431 g/mol. The Morgan fingerprint density at radius 2 is 2.15 bits per heavy atom. The van der Waals surface area contributed by atoms with Gasteiger partial charge in [-0.3, -0.25) is 4.79 Å². The summed E-state index contributed by atoms with van der Waals surface area (Å²) >= 11 is 4.75. The average molecular weight is 447 g/mol. The molecule has 0 saturated carbocycles. The third-order valence-corrected chi connectivity index (χ3v) is 4.88. The van der Waals surface area contributed by atoms with Gasteiger partial charge in [0.2, 0.25) is 5.91 Å². The van der Waals surface area contributed by atoms with Crippen molar-refractivity contribution in [2.24, 2.45) is 0 Å². The number of aromatic nitrogens is 1. The van der Waals surface area contributed by atoms with Gasteiger partial charge in [-0.15, -0.1) is 11.3 Å². The Bertz CT molecular complexity index is 988. The van der Waals surface area contributed by atoms with E-state index in [0.717, 1.165) is 16.3 Å². The van der Waals surface area contributed by atoms with Gasteiger partial charge in [-0.2, -0.15) is 0 Å². The predicted octanol–water partition coefficient (Wildman–Crippen LogP) is 5.58. The first-order valence-electron chi connectivity index (χ1n) is 8.08. The van der Waals surface area contributed by atoms with Crippen LogP contribution in [-0.4, -0.2) is 10.9 Å². The van der Waals surface area contributed by atoms with Crippen molar-refractivity contribution >= 4 is 44.9 Å².